The molecule has 0 heterocycles. The Balaban J connectivity index is 3.31. The molecule has 0 bridgehead atoms. The fraction of sp³-hybridized carbons (Fsp3) is 0.667. The van der Waals surface area contributed by atoms with Gasteiger partial charge in [0.15, 0.2) is 0 Å². The van der Waals surface area contributed by atoms with E-state index in [4.69, 9.17) is 10.8 Å². The number of nitrogens with one attached hydrogen (secondary N) is 1. The number of carboxylic acid groups (broad SMARTS) is 1. The van der Waals surface area contributed by atoms with Crippen molar-refractivity contribution < 1.29 is 19.5 Å². The van der Waals surface area contributed by atoms with Crippen molar-refractivity contribution in [1.29, 1.82) is 0 Å². The first-order valence-electron chi connectivity index (χ1n) is 3.39. The predicted molar refractivity (Wildman–Crippen MR) is 39.9 cm³/mol. The van der Waals surface area contributed by atoms with Gasteiger partial charge in [-0.25, -0.2) is 5.48 Å². The molecule has 70 valence electrons. The van der Waals surface area contributed by atoms with Gasteiger partial charge in [0.1, 0.15) is 6.61 Å². The van der Waals surface area contributed by atoms with Gasteiger partial charge in [0.2, 0.25) is 5.91 Å². The lowest BCUT2D eigenvalue weighted by molar-refractivity contribution is -0.142. The molecule has 0 aromatic heterocycles. The van der Waals surface area contributed by atoms with Crippen LogP contribution in [0.4, 0.5) is 0 Å². The molecule has 0 aromatic carbocycles. The van der Waals surface area contributed by atoms with Crippen molar-refractivity contribution in [2.24, 2.45) is 11.7 Å². The SMILES string of the molecule is CC(CNOCC(N)=O)C(=O)O. The van der Waals surface area contributed by atoms with Crippen molar-refractivity contribution in [3.8, 4) is 0 Å². The molecule has 0 aliphatic rings. The number of carbonyl (C=O) groups is 2. The van der Waals surface area contributed by atoms with E-state index in [9.17, 15) is 9.59 Å². The molecule has 0 saturated heterocycles. The first-order chi connectivity index (χ1) is 5.54. The third kappa shape index (κ3) is 5.63. The summed E-state index contributed by atoms with van der Waals surface area (Å²) in [5.41, 5.74) is 7.07. The van der Waals surface area contributed by atoms with Crippen LogP contribution in [0.3, 0.4) is 0 Å². The van der Waals surface area contributed by atoms with Crippen LogP contribution in [0.25, 0.3) is 0 Å². The summed E-state index contributed by atoms with van der Waals surface area (Å²) < 4.78 is 0. The minimum Gasteiger partial charge on any atom is -0.481 e. The number of carbonyl (C=O) groups excluding carboxylic acids is 1. The maximum atomic E-state index is 10.2. The number of hydrogen-bond acceptors (Lipinski definition) is 4. The molecular formula is C6H12N2O4. The van der Waals surface area contributed by atoms with Crippen molar-refractivity contribution in [2.75, 3.05) is 13.2 Å². The molecule has 0 aromatic rings. The number of carboxylic acids is 1. The van der Waals surface area contributed by atoms with Gasteiger partial charge in [0.05, 0.1) is 5.92 Å². The van der Waals surface area contributed by atoms with Crippen LogP contribution in [0.5, 0.6) is 0 Å². The highest BCUT2D eigenvalue weighted by Gasteiger charge is 2.09. The number of aliphatic carboxylic acids is 1. The molecule has 0 spiro atoms. The summed E-state index contributed by atoms with van der Waals surface area (Å²) in [7, 11) is 0. The molecule has 0 rings (SSSR count). The van der Waals surface area contributed by atoms with Crippen molar-refractivity contribution in [3.63, 3.8) is 0 Å². The topological polar surface area (TPSA) is 102 Å². The van der Waals surface area contributed by atoms with E-state index in [1.807, 2.05) is 0 Å². The zero-order valence-corrected chi connectivity index (χ0v) is 6.74. The molecule has 1 amide bonds. The second-order valence-corrected chi connectivity index (χ2v) is 2.34. The minimum absolute atomic E-state index is 0.141. The summed E-state index contributed by atoms with van der Waals surface area (Å²) in [5.74, 6) is -2.09. The number of primary amides is 1. The van der Waals surface area contributed by atoms with E-state index in [0.29, 0.717) is 0 Å². The zero-order chi connectivity index (χ0) is 9.56. The molecule has 0 saturated carbocycles. The van der Waals surface area contributed by atoms with Gasteiger partial charge in [0, 0.05) is 6.54 Å². The first kappa shape index (κ1) is 10.9. The zero-order valence-electron chi connectivity index (χ0n) is 6.74. The second-order valence-electron chi connectivity index (χ2n) is 2.34. The fourth-order valence-corrected chi connectivity index (χ4v) is 0.393. The van der Waals surface area contributed by atoms with Crippen LogP contribution < -0.4 is 11.2 Å². The predicted octanol–water partition coefficient (Wildman–Crippen LogP) is -1.29. The fourth-order valence-electron chi connectivity index (χ4n) is 0.393. The minimum atomic E-state index is -0.926. The molecule has 1 atom stereocenters. The van der Waals surface area contributed by atoms with Gasteiger partial charge in [-0.2, -0.15) is 0 Å². The van der Waals surface area contributed by atoms with Gasteiger partial charge >= 0.3 is 5.97 Å². The van der Waals surface area contributed by atoms with Gasteiger partial charge in [0.25, 0.3) is 0 Å². The molecular weight excluding hydrogens is 164 g/mol. The molecule has 4 N–H and O–H groups in total. The average molecular weight is 176 g/mol. The van der Waals surface area contributed by atoms with Crippen LogP contribution >= 0.6 is 0 Å². The van der Waals surface area contributed by atoms with Gasteiger partial charge in [-0.1, -0.05) is 6.92 Å². The smallest absolute Gasteiger partial charge is 0.307 e. The summed E-state index contributed by atoms with van der Waals surface area (Å²) in [6, 6.07) is 0. The standard InChI is InChI=1S/C6H12N2O4/c1-4(6(10)11)2-8-12-3-5(7)9/h4,8H,2-3H2,1H3,(H2,7,9)(H,10,11). The quantitative estimate of drug-likeness (QED) is 0.345. The monoisotopic (exact) mass is 176 g/mol. The molecule has 0 aliphatic carbocycles. The van der Waals surface area contributed by atoms with Crippen molar-refractivity contribution in [3.05, 3.63) is 0 Å². The van der Waals surface area contributed by atoms with Crippen LogP contribution in [0.1, 0.15) is 6.92 Å². The summed E-state index contributed by atoms with van der Waals surface area (Å²) in [5, 5.41) is 8.40. The molecule has 6 nitrogen and oxygen atoms in total. The van der Waals surface area contributed by atoms with Crippen LogP contribution in [0.2, 0.25) is 0 Å². The third-order valence-corrected chi connectivity index (χ3v) is 1.13. The Kier molecular flexibility index (Phi) is 4.98. The van der Waals surface area contributed by atoms with Crippen molar-refractivity contribution >= 4 is 11.9 Å². The van der Waals surface area contributed by atoms with Crippen LogP contribution in [0, 0.1) is 5.92 Å². The highest BCUT2D eigenvalue weighted by atomic mass is 16.6. The highest BCUT2D eigenvalue weighted by molar-refractivity contribution is 5.74. The lowest BCUT2D eigenvalue weighted by Crippen LogP contribution is -2.30. The summed E-state index contributed by atoms with van der Waals surface area (Å²) in [6.07, 6.45) is 0. The number of hydroxylamine groups is 1. The number of amides is 1. The van der Waals surface area contributed by atoms with Crippen LogP contribution in [-0.2, 0) is 14.4 Å². The van der Waals surface area contributed by atoms with Gasteiger partial charge in [-0.05, 0) is 0 Å². The summed E-state index contributed by atoms with van der Waals surface area (Å²) >= 11 is 0. The molecule has 1 unspecified atom stereocenters. The Hall–Kier alpha value is -1.14. The van der Waals surface area contributed by atoms with Gasteiger partial charge in [-0.15, -0.1) is 0 Å². The third-order valence-electron chi connectivity index (χ3n) is 1.13. The van der Waals surface area contributed by atoms with E-state index in [0.717, 1.165) is 0 Å². The molecule has 0 radical (unpaired) electrons. The Bertz CT molecular complexity index is 171. The Morgan fingerprint density at radius 1 is 1.67 bits per heavy atom. The van der Waals surface area contributed by atoms with E-state index in [1.54, 1.807) is 0 Å². The van der Waals surface area contributed by atoms with E-state index in [-0.39, 0.29) is 13.2 Å². The first-order valence-corrected chi connectivity index (χ1v) is 3.39. The molecule has 0 aliphatic heterocycles. The lowest BCUT2D eigenvalue weighted by Gasteiger charge is -2.06. The summed E-state index contributed by atoms with van der Waals surface area (Å²) in [6.45, 7) is 1.40. The molecule has 6 heteroatoms. The Morgan fingerprint density at radius 3 is 2.67 bits per heavy atom. The maximum absolute atomic E-state index is 10.2. The van der Waals surface area contributed by atoms with Crippen LogP contribution in [0.15, 0.2) is 0 Å². The number of hydrogen-bond donors (Lipinski definition) is 3. The van der Waals surface area contributed by atoms with E-state index in [1.165, 1.54) is 6.92 Å². The summed E-state index contributed by atoms with van der Waals surface area (Å²) in [4.78, 5) is 24.9. The van der Waals surface area contributed by atoms with Crippen molar-refractivity contribution in [1.82, 2.24) is 5.48 Å². The Morgan fingerprint density at radius 2 is 2.25 bits per heavy atom. The molecule has 0 fully saturated rings. The average Bonchev–Trinajstić information content (AvgIpc) is 1.97. The van der Waals surface area contributed by atoms with Gasteiger partial charge < -0.3 is 10.8 Å². The van der Waals surface area contributed by atoms with Gasteiger partial charge in [-0.3, -0.25) is 14.4 Å². The van der Waals surface area contributed by atoms with Crippen molar-refractivity contribution in [2.45, 2.75) is 6.92 Å². The number of rotatable bonds is 6. The second kappa shape index (κ2) is 5.50. The highest BCUT2D eigenvalue weighted by Crippen LogP contribution is 1.90. The van der Waals surface area contributed by atoms with E-state index < -0.39 is 17.8 Å². The molecule has 12 heavy (non-hydrogen) atoms. The van der Waals surface area contributed by atoms with E-state index >= 15 is 0 Å². The van der Waals surface area contributed by atoms with Crippen LogP contribution in [-0.4, -0.2) is 30.1 Å². The normalized spacial score (nSPS) is 12.4. The Labute approximate surface area is 69.6 Å². The van der Waals surface area contributed by atoms with E-state index in [2.05, 4.69) is 10.3 Å². The number of nitrogens with two attached hydrogens (primary N) is 1. The lowest BCUT2D eigenvalue weighted by atomic mass is 10.2. The maximum Gasteiger partial charge on any atom is 0.307 e. The largest absolute Gasteiger partial charge is 0.481 e.